The molecule has 0 aromatic carbocycles. The molecule has 0 saturated carbocycles. The van der Waals surface area contributed by atoms with Gasteiger partial charge in [0.1, 0.15) is 5.60 Å². The quantitative estimate of drug-likeness (QED) is 0.738. The highest BCUT2D eigenvalue weighted by molar-refractivity contribution is 7.14. The maximum Gasteiger partial charge on any atom is 0.261 e. The number of piperidine rings is 1. The van der Waals surface area contributed by atoms with E-state index in [-0.39, 0.29) is 24.7 Å². The Bertz CT molecular complexity index is 638. The minimum atomic E-state index is -0.687. The summed E-state index contributed by atoms with van der Waals surface area (Å²) in [5, 5.41) is 12.5. The smallest absolute Gasteiger partial charge is 0.261 e. The molecule has 1 spiro atoms. The highest BCUT2D eigenvalue weighted by Gasteiger charge is 2.42. The maximum atomic E-state index is 12.5. The molecule has 1 aromatic heterocycles. The average Bonchev–Trinajstić information content (AvgIpc) is 3.08. The van der Waals surface area contributed by atoms with Crippen LogP contribution < -0.4 is 5.32 Å². The van der Waals surface area contributed by atoms with Crippen LogP contribution in [0, 0.1) is 5.92 Å². The fourth-order valence-electron chi connectivity index (χ4n) is 4.07. The van der Waals surface area contributed by atoms with Crippen LogP contribution in [-0.4, -0.2) is 68.5 Å². The van der Waals surface area contributed by atoms with Crippen molar-refractivity contribution in [3.05, 3.63) is 21.4 Å². The Hall–Kier alpha value is -0.990. The van der Waals surface area contributed by atoms with Gasteiger partial charge in [-0.2, -0.15) is 0 Å². The molecule has 6 nitrogen and oxygen atoms in total. The standard InChI is InChI=1S/C20H32N2O4S/c1-14(2)12-22-7-5-20(6-8-22)18-15(4-9-26-20)10-17(27-18)19(24)21-11-16(23)13-25-3/h10,14,16,23H,4-9,11-13H2,1-3H3,(H,21,24). The molecule has 3 heterocycles. The lowest BCUT2D eigenvalue weighted by molar-refractivity contribution is -0.0959. The van der Waals surface area contributed by atoms with E-state index in [1.165, 1.54) is 17.6 Å². The molecule has 7 heteroatoms. The van der Waals surface area contributed by atoms with Crippen molar-refractivity contribution in [1.82, 2.24) is 10.2 Å². The molecule has 152 valence electrons. The van der Waals surface area contributed by atoms with Gasteiger partial charge in [-0.25, -0.2) is 0 Å². The van der Waals surface area contributed by atoms with Gasteiger partial charge in [0.2, 0.25) is 0 Å². The zero-order valence-electron chi connectivity index (χ0n) is 16.6. The zero-order valence-corrected chi connectivity index (χ0v) is 17.4. The molecule has 1 fully saturated rings. The normalized spacial score (nSPS) is 20.6. The number of carbonyl (C=O) groups excluding carboxylic acids is 1. The average molecular weight is 397 g/mol. The SMILES string of the molecule is COCC(O)CNC(=O)c1cc2c(s1)C1(CCN(CC(C)C)CC1)OCC2. The number of hydrogen-bond donors (Lipinski definition) is 2. The predicted octanol–water partition coefficient (Wildman–Crippen LogP) is 2.00. The van der Waals surface area contributed by atoms with Crippen LogP contribution in [0.4, 0.5) is 0 Å². The highest BCUT2D eigenvalue weighted by atomic mass is 32.1. The molecule has 1 saturated heterocycles. The number of aliphatic hydroxyl groups excluding tert-OH is 1. The van der Waals surface area contributed by atoms with Gasteiger partial charge >= 0.3 is 0 Å². The van der Waals surface area contributed by atoms with Gasteiger partial charge in [-0.3, -0.25) is 4.79 Å². The first kappa shape index (κ1) is 20.7. The van der Waals surface area contributed by atoms with Gasteiger partial charge in [0, 0.05) is 38.2 Å². The Labute approximate surface area is 165 Å². The Morgan fingerprint density at radius 3 is 2.85 bits per heavy atom. The van der Waals surface area contributed by atoms with Crippen molar-refractivity contribution in [2.24, 2.45) is 5.92 Å². The van der Waals surface area contributed by atoms with E-state index in [2.05, 4.69) is 24.1 Å². The van der Waals surface area contributed by atoms with Crippen molar-refractivity contribution in [2.75, 3.05) is 46.5 Å². The molecule has 1 amide bonds. The van der Waals surface area contributed by atoms with Crippen LogP contribution in [0.1, 0.15) is 46.8 Å². The molecular weight excluding hydrogens is 364 g/mol. The number of carbonyl (C=O) groups is 1. The lowest BCUT2D eigenvalue weighted by Crippen LogP contribution is -2.46. The van der Waals surface area contributed by atoms with E-state index in [9.17, 15) is 9.90 Å². The number of methoxy groups -OCH3 is 1. The molecule has 27 heavy (non-hydrogen) atoms. The second-order valence-electron chi connectivity index (χ2n) is 8.07. The molecule has 1 unspecified atom stereocenters. The first-order valence-electron chi connectivity index (χ1n) is 9.88. The van der Waals surface area contributed by atoms with Crippen molar-refractivity contribution in [2.45, 2.75) is 44.8 Å². The Kier molecular flexibility index (Phi) is 6.92. The van der Waals surface area contributed by atoms with Crippen molar-refractivity contribution in [3.63, 3.8) is 0 Å². The van der Waals surface area contributed by atoms with E-state index in [0.29, 0.717) is 10.8 Å². The molecule has 0 radical (unpaired) electrons. The number of thiophene rings is 1. The first-order valence-corrected chi connectivity index (χ1v) is 10.7. The number of hydrogen-bond acceptors (Lipinski definition) is 6. The van der Waals surface area contributed by atoms with E-state index in [0.717, 1.165) is 45.5 Å². The molecule has 0 bridgehead atoms. The number of rotatable bonds is 7. The summed E-state index contributed by atoms with van der Waals surface area (Å²) in [6.45, 7) is 8.86. The molecule has 1 atom stereocenters. The maximum absolute atomic E-state index is 12.5. The topological polar surface area (TPSA) is 71.0 Å². The number of aliphatic hydroxyl groups is 1. The Balaban J connectivity index is 1.67. The van der Waals surface area contributed by atoms with Crippen LogP contribution in [0.15, 0.2) is 6.07 Å². The fourth-order valence-corrected chi connectivity index (χ4v) is 5.39. The van der Waals surface area contributed by atoms with Gasteiger partial charge < -0.3 is 24.8 Å². The lowest BCUT2D eigenvalue weighted by atomic mass is 9.85. The Morgan fingerprint density at radius 1 is 1.44 bits per heavy atom. The third-order valence-electron chi connectivity index (χ3n) is 5.34. The van der Waals surface area contributed by atoms with E-state index in [4.69, 9.17) is 9.47 Å². The van der Waals surface area contributed by atoms with Crippen LogP contribution in [0.5, 0.6) is 0 Å². The third kappa shape index (κ3) is 4.90. The Morgan fingerprint density at radius 2 is 2.19 bits per heavy atom. The summed E-state index contributed by atoms with van der Waals surface area (Å²) in [7, 11) is 1.53. The van der Waals surface area contributed by atoms with Crippen molar-refractivity contribution in [1.29, 1.82) is 0 Å². The molecule has 3 rings (SSSR count). The summed E-state index contributed by atoms with van der Waals surface area (Å²) in [4.78, 5) is 17.0. The second kappa shape index (κ2) is 9.01. The van der Waals surface area contributed by atoms with E-state index in [1.807, 2.05) is 6.07 Å². The summed E-state index contributed by atoms with van der Waals surface area (Å²) in [5.74, 6) is 0.546. The molecular formula is C20H32N2O4S. The van der Waals surface area contributed by atoms with Crippen molar-refractivity contribution < 1.29 is 19.4 Å². The van der Waals surface area contributed by atoms with Gasteiger partial charge in [0.05, 0.1) is 24.2 Å². The zero-order chi connectivity index (χ0) is 19.4. The predicted molar refractivity (Wildman–Crippen MR) is 106 cm³/mol. The van der Waals surface area contributed by atoms with Crippen LogP contribution in [0.2, 0.25) is 0 Å². The number of ether oxygens (including phenoxy) is 2. The van der Waals surface area contributed by atoms with Crippen LogP contribution in [-0.2, 0) is 21.5 Å². The number of fused-ring (bicyclic) bond motifs is 2. The summed E-state index contributed by atoms with van der Waals surface area (Å²) in [5.41, 5.74) is 1.03. The minimum Gasteiger partial charge on any atom is -0.389 e. The summed E-state index contributed by atoms with van der Waals surface area (Å²) in [6.07, 6.45) is 2.15. The monoisotopic (exact) mass is 396 g/mol. The summed E-state index contributed by atoms with van der Waals surface area (Å²) < 4.78 is 11.2. The largest absolute Gasteiger partial charge is 0.389 e. The van der Waals surface area contributed by atoms with E-state index >= 15 is 0 Å². The number of amides is 1. The molecule has 2 N–H and O–H groups in total. The number of nitrogens with zero attached hydrogens (tertiary/aromatic N) is 1. The molecule has 2 aliphatic rings. The second-order valence-corrected chi connectivity index (χ2v) is 9.12. The van der Waals surface area contributed by atoms with Crippen LogP contribution in [0.25, 0.3) is 0 Å². The number of nitrogens with one attached hydrogen (secondary N) is 1. The van der Waals surface area contributed by atoms with Gasteiger partial charge in [-0.1, -0.05) is 13.8 Å². The van der Waals surface area contributed by atoms with Crippen LogP contribution >= 0.6 is 11.3 Å². The van der Waals surface area contributed by atoms with Gasteiger partial charge in [0.25, 0.3) is 5.91 Å². The molecule has 1 aromatic rings. The summed E-state index contributed by atoms with van der Waals surface area (Å²) in [6, 6.07) is 2.02. The van der Waals surface area contributed by atoms with Gasteiger partial charge in [-0.05, 0) is 36.8 Å². The first-order chi connectivity index (χ1) is 12.9. The minimum absolute atomic E-state index is 0.128. The van der Waals surface area contributed by atoms with Gasteiger partial charge in [-0.15, -0.1) is 11.3 Å². The third-order valence-corrected chi connectivity index (χ3v) is 6.70. The van der Waals surface area contributed by atoms with Crippen LogP contribution in [0.3, 0.4) is 0 Å². The highest BCUT2D eigenvalue weighted by Crippen LogP contribution is 2.45. The lowest BCUT2D eigenvalue weighted by Gasteiger charge is -2.44. The molecule has 2 aliphatic heterocycles. The van der Waals surface area contributed by atoms with E-state index < -0.39 is 6.10 Å². The van der Waals surface area contributed by atoms with Gasteiger partial charge in [0.15, 0.2) is 0 Å². The fraction of sp³-hybridized carbons (Fsp3) is 0.750. The molecule has 0 aliphatic carbocycles. The van der Waals surface area contributed by atoms with Crippen molar-refractivity contribution >= 4 is 17.2 Å². The number of likely N-dealkylation sites (tertiary alicyclic amines) is 1. The van der Waals surface area contributed by atoms with Crippen molar-refractivity contribution in [3.8, 4) is 0 Å². The summed E-state index contributed by atoms with van der Waals surface area (Å²) >= 11 is 1.56. The van der Waals surface area contributed by atoms with E-state index in [1.54, 1.807) is 11.3 Å².